The van der Waals surface area contributed by atoms with E-state index in [0.29, 0.717) is 12.2 Å². The fraction of sp³-hybridized carbons (Fsp3) is 0.500. The molecule has 1 unspecified atom stereocenters. The van der Waals surface area contributed by atoms with Crippen molar-refractivity contribution in [2.75, 3.05) is 30.8 Å². The summed E-state index contributed by atoms with van der Waals surface area (Å²) in [6, 6.07) is 2.03. The van der Waals surface area contributed by atoms with E-state index in [2.05, 4.69) is 0 Å². The van der Waals surface area contributed by atoms with Crippen molar-refractivity contribution < 1.29 is 13.5 Å². The SMILES string of the molecule is CN(CC1CCCO1)c1cc(F)cc(F)c1N. The van der Waals surface area contributed by atoms with Crippen LogP contribution in [-0.4, -0.2) is 26.3 Å². The monoisotopic (exact) mass is 242 g/mol. The van der Waals surface area contributed by atoms with Crippen LogP contribution in [0.2, 0.25) is 0 Å². The van der Waals surface area contributed by atoms with Crippen molar-refractivity contribution in [1.29, 1.82) is 0 Å². The minimum atomic E-state index is -0.723. The first-order valence-electron chi connectivity index (χ1n) is 5.65. The molecule has 3 nitrogen and oxygen atoms in total. The number of anilines is 2. The van der Waals surface area contributed by atoms with Gasteiger partial charge in [0.05, 0.1) is 17.5 Å². The van der Waals surface area contributed by atoms with Crippen LogP contribution in [0.1, 0.15) is 12.8 Å². The third-order valence-electron chi connectivity index (χ3n) is 2.99. The highest BCUT2D eigenvalue weighted by Crippen LogP contribution is 2.27. The lowest BCUT2D eigenvalue weighted by atomic mass is 10.2. The Labute approximate surface area is 99.2 Å². The van der Waals surface area contributed by atoms with E-state index in [0.717, 1.165) is 25.5 Å². The van der Waals surface area contributed by atoms with Crippen LogP contribution in [0.3, 0.4) is 0 Å². The van der Waals surface area contributed by atoms with Gasteiger partial charge in [0.2, 0.25) is 0 Å². The summed E-state index contributed by atoms with van der Waals surface area (Å²) in [6.07, 6.45) is 2.12. The van der Waals surface area contributed by atoms with Gasteiger partial charge in [0.15, 0.2) is 5.82 Å². The maximum absolute atomic E-state index is 13.3. The lowest BCUT2D eigenvalue weighted by Crippen LogP contribution is -2.29. The van der Waals surface area contributed by atoms with Crippen molar-refractivity contribution in [2.24, 2.45) is 0 Å². The predicted molar refractivity (Wildman–Crippen MR) is 63.0 cm³/mol. The third kappa shape index (κ3) is 2.66. The lowest BCUT2D eigenvalue weighted by molar-refractivity contribution is 0.116. The van der Waals surface area contributed by atoms with E-state index in [1.165, 1.54) is 6.07 Å². The minimum Gasteiger partial charge on any atom is -0.395 e. The third-order valence-corrected chi connectivity index (χ3v) is 2.99. The van der Waals surface area contributed by atoms with Gasteiger partial charge in [-0.05, 0) is 18.9 Å². The molecule has 1 fully saturated rings. The summed E-state index contributed by atoms with van der Waals surface area (Å²) in [5.41, 5.74) is 5.95. The van der Waals surface area contributed by atoms with E-state index in [-0.39, 0.29) is 11.8 Å². The molecule has 1 aliphatic rings. The number of benzene rings is 1. The van der Waals surface area contributed by atoms with E-state index >= 15 is 0 Å². The molecule has 1 aromatic carbocycles. The minimum absolute atomic E-state index is 0.0214. The number of hydrogen-bond acceptors (Lipinski definition) is 3. The Morgan fingerprint density at radius 1 is 1.47 bits per heavy atom. The summed E-state index contributed by atoms with van der Waals surface area (Å²) >= 11 is 0. The molecule has 0 spiro atoms. The number of nitrogens with zero attached hydrogens (tertiary/aromatic N) is 1. The van der Waals surface area contributed by atoms with Crippen molar-refractivity contribution >= 4 is 11.4 Å². The van der Waals surface area contributed by atoms with Gasteiger partial charge in [0.1, 0.15) is 5.82 Å². The topological polar surface area (TPSA) is 38.5 Å². The van der Waals surface area contributed by atoms with E-state index in [1.807, 2.05) is 0 Å². The van der Waals surface area contributed by atoms with Crippen molar-refractivity contribution in [1.82, 2.24) is 0 Å². The van der Waals surface area contributed by atoms with Crippen molar-refractivity contribution in [2.45, 2.75) is 18.9 Å². The van der Waals surface area contributed by atoms with Crippen LogP contribution in [0.15, 0.2) is 12.1 Å². The fourth-order valence-electron chi connectivity index (χ4n) is 2.08. The predicted octanol–water partition coefficient (Wildman–Crippen LogP) is 2.16. The summed E-state index contributed by atoms with van der Waals surface area (Å²) in [5, 5.41) is 0. The van der Waals surface area contributed by atoms with Gasteiger partial charge in [-0.3, -0.25) is 0 Å². The Bertz CT molecular complexity index is 406. The standard InChI is InChI=1S/C12H16F2N2O/c1-16(7-9-3-2-4-17-9)11-6-8(13)5-10(14)12(11)15/h5-6,9H,2-4,7,15H2,1H3. The highest BCUT2D eigenvalue weighted by molar-refractivity contribution is 5.68. The smallest absolute Gasteiger partial charge is 0.151 e. The van der Waals surface area contributed by atoms with Crippen LogP contribution in [-0.2, 0) is 4.74 Å². The molecule has 2 rings (SSSR count). The maximum atomic E-state index is 13.3. The van der Waals surface area contributed by atoms with Gasteiger partial charge in [-0.2, -0.15) is 0 Å². The van der Waals surface area contributed by atoms with Gasteiger partial charge < -0.3 is 15.4 Å². The molecule has 1 saturated heterocycles. The maximum Gasteiger partial charge on any atom is 0.151 e. The van der Waals surface area contributed by atoms with Crippen LogP contribution in [0.5, 0.6) is 0 Å². The fourth-order valence-corrected chi connectivity index (χ4v) is 2.08. The van der Waals surface area contributed by atoms with Gasteiger partial charge in [-0.15, -0.1) is 0 Å². The Kier molecular flexibility index (Phi) is 3.47. The van der Waals surface area contributed by atoms with E-state index < -0.39 is 11.6 Å². The summed E-state index contributed by atoms with van der Waals surface area (Å²) < 4.78 is 31.9. The highest BCUT2D eigenvalue weighted by Gasteiger charge is 2.19. The number of nitrogens with two attached hydrogens (primary N) is 1. The van der Waals surface area contributed by atoms with Crippen LogP contribution < -0.4 is 10.6 Å². The van der Waals surface area contributed by atoms with Crippen molar-refractivity contribution in [3.63, 3.8) is 0 Å². The van der Waals surface area contributed by atoms with Gasteiger partial charge in [0.25, 0.3) is 0 Å². The van der Waals surface area contributed by atoms with E-state index in [1.54, 1.807) is 11.9 Å². The molecule has 1 atom stereocenters. The second-order valence-corrected chi connectivity index (χ2v) is 4.34. The van der Waals surface area contributed by atoms with Crippen LogP contribution >= 0.6 is 0 Å². The van der Waals surface area contributed by atoms with Gasteiger partial charge in [0, 0.05) is 26.3 Å². The molecule has 0 bridgehead atoms. The second-order valence-electron chi connectivity index (χ2n) is 4.34. The quantitative estimate of drug-likeness (QED) is 0.825. The first kappa shape index (κ1) is 12.1. The van der Waals surface area contributed by atoms with Crippen LogP contribution in [0, 0.1) is 11.6 Å². The number of ether oxygens (including phenoxy) is 1. The first-order chi connectivity index (χ1) is 8.08. The van der Waals surface area contributed by atoms with Crippen molar-refractivity contribution in [3.8, 4) is 0 Å². The normalized spacial score (nSPS) is 19.6. The number of halogens is 2. The number of hydrogen-bond donors (Lipinski definition) is 1. The molecule has 0 aromatic heterocycles. The van der Waals surface area contributed by atoms with Crippen molar-refractivity contribution in [3.05, 3.63) is 23.8 Å². The molecule has 1 aromatic rings. The van der Waals surface area contributed by atoms with Gasteiger partial charge >= 0.3 is 0 Å². The van der Waals surface area contributed by atoms with Gasteiger partial charge in [-0.25, -0.2) is 8.78 Å². The molecule has 94 valence electrons. The molecule has 0 amide bonds. The molecule has 1 heterocycles. The number of rotatable bonds is 3. The highest BCUT2D eigenvalue weighted by atomic mass is 19.1. The molecule has 0 radical (unpaired) electrons. The molecule has 17 heavy (non-hydrogen) atoms. The Morgan fingerprint density at radius 2 is 2.24 bits per heavy atom. The molecule has 0 saturated carbocycles. The van der Waals surface area contributed by atoms with Gasteiger partial charge in [-0.1, -0.05) is 0 Å². The molecular weight excluding hydrogens is 226 g/mol. The van der Waals surface area contributed by atoms with Crippen LogP contribution in [0.4, 0.5) is 20.2 Å². The zero-order valence-electron chi connectivity index (χ0n) is 9.75. The molecule has 1 aliphatic heterocycles. The Morgan fingerprint density at radius 3 is 2.88 bits per heavy atom. The average molecular weight is 242 g/mol. The second kappa shape index (κ2) is 4.87. The number of likely N-dealkylation sites (N-methyl/N-ethyl adjacent to an activating group) is 1. The summed E-state index contributed by atoms with van der Waals surface area (Å²) in [5.74, 6) is -1.34. The molecule has 2 N–H and O–H groups in total. The average Bonchev–Trinajstić information content (AvgIpc) is 2.76. The summed E-state index contributed by atoms with van der Waals surface area (Å²) in [4.78, 5) is 1.73. The number of nitrogen functional groups attached to an aromatic ring is 1. The largest absolute Gasteiger partial charge is 0.395 e. The Balaban J connectivity index is 2.14. The molecular formula is C12H16F2N2O. The summed E-state index contributed by atoms with van der Waals surface area (Å²) in [6.45, 7) is 1.35. The van der Waals surface area contributed by atoms with Crippen LogP contribution in [0.25, 0.3) is 0 Å². The first-order valence-corrected chi connectivity index (χ1v) is 5.65. The zero-order valence-corrected chi connectivity index (χ0v) is 9.75. The zero-order chi connectivity index (χ0) is 12.4. The summed E-state index contributed by atoms with van der Waals surface area (Å²) in [7, 11) is 1.76. The lowest BCUT2D eigenvalue weighted by Gasteiger charge is -2.24. The molecule has 0 aliphatic carbocycles. The molecule has 5 heteroatoms. The van der Waals surface area contributed by atoms with E-state index in [4.69, 9.17) is 10.5 Å². The van der Waals surface area contributed by atoms with E-state index in [9.17, 15) is 8.78 Å². The Hall–Kier alpha value is -1.36.